The average Bonchev–Trinajstić information content (AvgIpc) is 3.68. The Morgan fingerprint density at radius 2 is 2.00 bits per heavy atom. The minimum atomic E-state index is -0.990. The zero-order valence-corrected chi connectivity index (χ0v) is 22.7. The van der Waals surface area contributed by atoms with E-state index in [4.69, 9.17) is 10.2 Å². The number of rotatable bonds is 5. The van der Waals surface area contributed by atoms with E-state index in [2.05, 4.69) is 32.3 Å². The molecular formula is C27H34N8O2S. The SMILES string of the molecule is CN(C)C(=O)N1CCC(O)(c2cnc(-c3cnc4[nH]ccc4c3NC3C[C@@H]4CN(CC#N)C[C@@H]4C3)s2)CC1. The number of carbonyl (C=O) groups excluding carboxylic acids is 1. The van der Waals surface area contributed by atoms with Crippen molar-refractivity contribution in [1.82, 2.24) is 29.7 Å². The van der Waals surface area contributed by atoms with Gasteiger partial charge in [-0.25, -0.2) is 14.8 Å². The highest BCUT2D eigenvalue weighted by Crippen LogP contribution is 2.44. The highest BCUT2D eigenvalue weighted by Gasteiger charge is 2.41. The number of nitrogens with zero attached hydrogens (tertiary/aromatic N) is 6. The third-order valence-corrected chi connectivity index (χ3v) is 9.72. The number of likely N-dealkylation sites (tertiary alicyclic amines) is 2. The monoisotopic (exact) mass is 534 g/mol. The molecule has 5 heterocycles. The number of piperidine rings is 1. The molecule has 0 radical (unpaired) electrons. The van der Waals surface area contributed by atoms with Gasteiger partial charge in [0.15, 0.2) is 0 Å². The van der Waals surface area contributed by atoms with Crippen LogP contribution in [0, 0.1) is 23.2 Å². The normalized spacial score (nSPS) is 24.9. The van der Waals surface area contributed by atoms with Crippen LogP contribution in [0.1, 0.15) is 30.6 Å². The van der Waals surface area contributed by atoms with Gasteiger partial charge in [-0.2, -0.15) is 5.26 Å². The van der Waals surface area contributed by atoms with Crippen molar-refractivity contribution >= 4 is 34.1 Å². The summed E-state index contributed by atoms with van der Waals surface area (Å²) < 4.78 is 0. The topological polar surface area (TPSA) is 124 Å². The number of nitriles is 1. The fourth-order valence-corrected chi connectivity index (χ4v) is 7.56. The van der Waals surface area contributed by atoms with Gasteiger partial charge in [-0.3, -0.25) is 4.90 Å². The summed E-state index contributed by atoms with van der Waals surface area (Å²) in [6.45, 7) is 3.56. The quantitative estimate of drug-likeness (QED) is 0.429. The number of aliphatic hydroxyl groups is 1. The van der Waals surface area contributed by atoms with Gasteiger partial charge >= 0.3 is 6.03 Å². The minimum Gasteiger partial charge on any atom is -0.384 e. The van der Waals surface area contributed by atoms with Gasteiger partial charge in [0.05, 0.1) is 28.7 Å². The average molecular weight is 535 g/mol. The number of hydrogen-bond acceptors (Lipinski definition) is 8. The summed E-state index contributed by atoms with van der Waals surface area (Å²) in [5.74, 6) is 1.25. The van der Waals surface area contributed by atoms with Crippen LogP contribution in [0.2, 0.25) is 0 Å². The molecule has 200 valence electrons. The van der Waals surface area contributed by atoms with Crippen LogP contribution in [0.3, 0.4) is 0 Å². The lowest BCUT2D eigenvalue weighted by molar-refractivity contribution is -0.0159. The van der Waals surface area contributed by atoms with Gasteiger partial charge in [-0.1, -0.05) is 0 Å². The summed E-state index contributed by atoms with van der Waals surface area (Å²) in [7, 11) is 3.50. The second-order valence-electron chi connectivity index (χ2n) is 11.2. The maximum atomic E-state index is 12.3. The molecule has 2 saturated heterocycles. The number of anilines is 1. The number of thiazole rings is 1. The Morgan fingerprint density at radius 3 is 2.68 bits per heavy atom. The van der Waals surface area contributed by atoms with Gasteiger partial charge in [-0.05, 0) is 43.6 Å². The van der Waals surface area contributed by atoms with Gasteiger partial charge in [0.1, 0.15) is 16.3 Å². The molecular weight excluding hydrogens is 500 g/mol. The zero-order chi connectivity index (χ0) is 26.4. The fraction of sp³-hybridized carbons (Fsp3) is 0.556. The Balaban J connectivity index is 1.22. The van der Waals surface area contributed by atoms with Crippen molar-refractivity contribution in [2.24, 2.45) is 11.8 Å². The largest absolute Gasteiger partial charge is 0.384 e. The molecule has 6 rings (SSSR count). The molecule has 3 N–H and O–H groups in total. The van der Waals surface area contributed by atoms with Crippen LogP contribution in [0.5, 0.6) is 0 Å². The van der Waals surface area contributed by atoms with Gasteiger partial charge in [0.25, 0.3) is 0 Å². The maximum absolute atomic E-state index is 12.3. The number of hydrogen-bond donors (Lipinski definition) is 3. The molecule has 1 saturated carbocycles. The minimum absolute atomic E-state index is 0.0209. The molecule has 1 unspecified atom stereocenters. The number of carbonyl (C=O) groups is 1. The lowest BCUT2D eigenvalue weighted by Gasteiger charge is -2.38. The Hall–Kier alpha value is -3.20. The number of pyridine rings is 1. The lowest BCUT2D eigenvalue weighted by atomic mass is 9.90. The molecule has 0 aromatic carbocycles. The molecule has 0 bridgehead atoms. The van der Waals surface area contributed by atoms with E-state index in [0.717, 1.165) is 58.1 Å². The van der Waals surface area contributed by atoms with Crippen LogP contribution >= 0.6 is 11.3 Å². The molecule has 0 spiro atoms. The molecule has 3 fully saturated rings. The van der Waals surface area contributed by atoms with E-state index in [1.54, 1.807) is 30.1 Å². The van der Waals surface area contributed by atoms with Crippen molar-refractivity contribution in [3.8, 4) is 16.6 Å². The molecule has 10 nitrogen and oxygen atoms in total. The van der Waals surface area contributed by atoms with Crippen LogP contribution in [0.25, 0.3) is 21.6 Å². The Kier molecular flexibility index (Phi) is 6.50. The van der Waals surface area contributed by atoms with E-state index >= 15 is 0 Å². The third kappa shape index (κ3) is 4.51. The highest BCUT2D eigenvalue weighted by molar-refractivity contribution is 7.15. The number of H-pyrrole nitrogens is 1. The maximum Gasteiger partial charge on any atom is 0.319 e. The van der Waals surface area contributed by atoms with E-state index in [1.165, 1.54) is 11.3 Å². The molecule has 2 amide bonds. The predicted octanol–water partition coefficient (Wildman–Crippen LogP) is 3.30. The highest BCUT2D eigenvalue weighted by atomic mass is 32.1. The third-order valence-electron chi connectivity index (χ3n) is 8.49. The Morgan fingerprint density at radius 1 is 1.26 bits per heavy atom. The van der Waals surface area contributed by atoms with Crippen molar-refractivity contribution in [3.05, 3.63) is 29.5 Å². The van der Waals surface area contributed by atoms with E-state index in [9.17, 15) is 9.90 Å². The summed E-state index contributed by atoms with van der Waals surface area (Å²) in [6.07, 6.45) is 8.73. The Labute approximate surface area is 226 Å². The summed E-state index contributed by atoms with van der Waals surface area (Å²) in [5, 5.41) is 26.3. The van der Waals surface area contributed by atoms with Crippen LogP contribution in [-0.4, -0.2) is 93.7 Å². The predicted molar refractivity (Wildman–Crippen MR) is 147 cm³/mol. The second-order valence-corrected chi connectivity index (χ2v) is 12.2. The number of aromatic amines is 1. The number of aromatic nitrogens is 3. The summed E-state index contributed by atoms with van der Waals surface area (Å²) in [4.78, 5) is 31.4. The fourth-order valence-electron chi connectivity index (χ4n) is 6.48. The Bertz CT molecular complexity index is 1350. The summed E-state index contributed by atoms with van der Waals surface area (Å²) in [5.41, 5.74) is 1.83. The van der Waals surface area contributed by atoms with Crippen molar-refractivity contribution in [2.75, 3.05) is 52.1 Å². The van der Waals surface area contributed by atoms with Gasteiger partial charge < -0.3 is 25.2 Å². The molecule has 3 aromatic heterocycles. The van der Waals surface area contributed by atoms with Crippen molar-refractivity contribution in [1.29, 1.82) is 5.26 Å². The van der Waals surface area contributed by atoms with Gasteiger partial charge in [-0.15, -0.1) is 11.3 Å². The molecule has 3 atom stereocenters. The zero-order valence-electron chi connectivity index (χ0n) is 21.9. The smallest absolute Gasteiger partial charge is 0.319 e. The van der Waals surface area contributed by atoms with Crippen LogP contribution < -0.4 is 5.32 Å². The molecule has 3 aliphatic rings. The first kappa shape index (κ1) is 25.1. The summed E-state index contributed by atoms with van der Waals surface area (Å²) >= 11 is 1.51. The number of fused-ring (bicyclic) bond motifs is 2. The van der Waals surface area contributed by atoms with E-state index < -0.39 is 5.60 Å². The van der Waals surface area contributed by atoms with E-state index in [1.807, 2.05) is 12.4 Å². The number of nitrogens with one attached hydrogen (secondary N) is 2. The second kappa shape index (κ2) is 9.84. The van der Waals surface area contributed by atoms with Crippen molar-refractivity contribution < 1.29 is 9.90 Å². The van der Waals surface area contributed by atoms with Crippen LogP contribution in [0.15, 0.2) is 24.7 Å². The van der Waals surface area contributed by atoms with Crippen LogP contribution in [-0.2, 0) is 5.60 Å². The van der Waals surface area contributed by atoms with Crippen molar-refractivity contribution in [2.45, 2.75) is 37.3 Å². The number of amides is 2. The van der Waals surface area contributed by atoms with Gasteiger partial charge in [0.2, 0.25) is 0 Å². The molecule has 38 heavy (non-hydrogen) atoms. The first-order chi connectivity index (χ1) is 18.3. The first-order valence-electron chi connectivity index (χ1n) is 13.3. The number of urea groups is 1. The molecule has 11 heteroatoms. The standard InChI is InChI=1S/C27H34N8O2S/c1-33(2)26(36)35-8-4-27(37,5-9-35)22-14-31-25(38-22)21-13-30-24-20(3-7-29-24)23(21)32-19-11-17-15-34(10-6-28)16-18(17)12-19/h3,7,13-14,17-19,37H,4-5,8-12,15-16H2,1-2H3,(H2,29,30,32)/t17-,18+,19?. The van der Waals surface area contributed by atoms with Crippen molar-refractivity contribution in [3.63, 3.8) is 0 Å². The van der Waals surface area contributed by atoms with E-state index in [-0.39, 0.29) is 6.03 Å². The molecule has 2 aliphatic heterocycles. The molecule has 1 aliphatic carbocycles. The van der Waals surface area contributed by atoms with Gasteiger partial charge in [0, 0.05) is 70.3 Å². The van der Waals surface area contributed by atoms with E-state index in [0.29, 0.717) is 50.4 Å². The summed E-state index contributed by atoms with van der Waals surface area (Å²) in [6, 6.07) is 4.68. The lowest BCUT2D eigenvalue weighted by Crippen LogP contribution is -2.48. The molecule has 3 aromatic rings. The van der Waals surface area contributed by atoms with Crippen LogP contribution in [0.4, 0.5) is 10.5 Å². The first-order valence-corrected chi connectivity index (χ1v) is 14.1.